The standard InChI is InChI=1S/C18H29N3O3S.HI/c1-19-18(20-10-3-11-24-13-16-6-7-16)21-12-15-4-8-17(9-5-15)14-25(2,22)23;/h4-5,8-9,16H,3,6-7,10-14H2,1-2H3,(H2,19,20,21);1H. The Hall–Kier alpha value is -0.870. The van der Waals surface area contributed by atoms with Crippen LogP contribution in [0.3, 0.4) is 0 Å². The molecule has 2 N–H and O–H groups in total. The molecular weight excluding hydrogens is 465 g/mol. The summed E-state index contributed by atoms with van der Waals surface area (Å²) in [6, 6.07) is 7.58. The predicted molar refractivity (Wildman–Crippen MR) is 117 cm³/mol. The second kappa shape index (κ2) is 11.8. The topological polar surface area (TPSA) is 79.8 Å². The molecule has 0 radical (unpaired) electrons. The molecule has 0 saturated heterocycles. The summed E-state index contributed by atoms with van der Waals surface area (Å²) in [5.41, 5.74) is 1.88. The highest BCUT2D eigenvalue weighted by atomic mass is 127. The molecule has 1 saturated carbocycles. The van der Waals surface area contributed by atoms with E-state index in [1.807, 2.05) is 24.3 Å². The van der Waals surface area contributed by atoms with Gasteiger partial charge in [0, 0.05) is 39.6 Å². The number of halogens is 1. The zero-order valence-electron chi connectivity index (χ0n) is 15.5. The third-order valence-electron chi connectivity index (χ3n) is 3.94. The van der Waals surface area contributed by atoms with Crippen LogP contribution >= 0.6 is 24.0 Å². The first-order valence-corrected chi connectivity index (χ1v) is 10.8. The van der Waals surface area contributed by atoms with Crippen molar-refractivity contribution in [2.24, 2.45) is 10.9 Å². The van der Waals surface area contributed by atoms with Crippen LogP contribution in [0.5, 0.6) is 0 Å². The Balaban J connectivity index is 0.00000338. The molecule has 8 heteroatoms. The van der Waals surface area contributed by atoms with E-state index in [9.17, 15) is 8.42 Å². The molecule has 0 amide bonds. The average molecular weight is 495 g/mol. The number of sulfone groups is 1. The lowest BCUT2D eigenvalue weighted by Gasteiger charge is -2.12. The molecule has 1 aliphatic carbocycles. The number of rotatable bonds is 10. The van der Waals surface area contributed by atoms with Crippen molar-refractivity contribution in [3.05, 3.63) is 35.4 Å². The van der Waals surface area contributed by atoms with Crippen molar-refractivity contribution in [3.63, 3.8) is 0 Å². The lowest BCUT2D eigenvalue weighted by atomic mass is 10.1. The Morgan fingerprint density at radius 1 is 1.19 bits per heavy atom. The molecule has 0 heterocycles. The number of ether oxygens (including phenoxy) is 1. The van der Waals surface area contributed by atoms with Gasteiger partial charge >= 0.3 is 0 Å². The average Bonchev–Trinajstić information content (AvgIpc) is 3.38. The summed E-state index contributed by atoms with van der Waals surface area (Å²) in [4.78, 5) is 4.20. The van der Waals surface area contributed by atoms with Gasteiger partial charge in [0.2, 0.25) is 0 Å². The highest BCUT2D eigenvalue weighted by Crippen LogP contribution is 2.28. The van der Waals surface area contributed by atoms with Crippen molar-refractivity contribution in [2.45, 2.75) is 31.6 Å². The summed E-state index contributed by atoms with van der Waals surface area (Å²) in [6.45, 7) is 3.14. The Morgan fingerprint density at radius 3 is 2.42 bits per heavy atom. The molecule has 0 atom stereocenters. The highest BCUT2D eigenvalue weighted by molar-refractivity contribution is 14.0. The highest BCUT2D eigenvalue weighted by Gasteiger charge is 2.20. The fourth-order valence-corrected chi connectivity index (χ4v) is 3.18. The van der Waals surface area contributed by atoms with Gasteiger partial charge in [-0.1, -0.05) is 24.3 Å². The Bertz CT molecular complexity index is 659. The van der Waals surface area contributed by atoms with Gasteiger partial charge in [-0.05, 0) is 36.3 Å². The van der Waals surface area contributed by atoms with Crippen LogP contribution in [0.15, 0.2) is 29.3 Å². The fourth-order valence-electron chi connectivity index (χ4n) is 2.38. The van der Waals surface area contributed by atoms with Gasteiger partial charge in [-0.3, -0.25) is 4.99 Å². The quantitative estimate of drug-likeness (QED) is 0.226. The first kappa shape index (κ1) is 23.2. The number of aliphatic imine (C=N–C) groups is 1. The number of nitrogens with zero attached hydrogens (tertiary/aromatic N) is 1. The van der Waals surface area contributed by atoms with E-state index in [0.29, 0.717) is 6.54 Å². The maximum Gasteiger partial charge on any atom is 0.191 e. The molecule has 0 aromatic heterocycles. The Kier molecular flexibility index (Phi) is 10.5. The molecule has 6 nitrogen and oxygen atoms in total. The molecule has 1 aliphatic rings. The predicted octanol–water partition coefficient (Wildman–Crippen LogP) is 2.33. The van der Waals surface area contributed by atoms with Crippen molar-refractivity contribution in [1.82, 2.24) is 10.6 Å². The van der Waals surface area contributed by atoms with Crippen LogP contribution in [0.25, 0.3) is 0 Å². The summed E-state index contributed by atoms with van der Waals surface area (Å²) in [7, 11) is -1.25. The normalized spacial score (nSPS) is 14.6. The first-order valence-electron chi connectivity index (χ1n) is 8.74. The SMILES string of the molecule is CN=C(NCCCOCC1CC1)NCc1ccc(CS(C)(=O)=O)cc1.I. The monoisotopic (exact) mass is 495 g/mol. The van der Waals surface area contributed by atoms with Crippen molar-refractivity contribution >= 4 is 39.8 Å². The van der Waals surface area contributed by atoms with Crippen molar-refractivity contribution < 1.29 is 13.2 Å². The number of hydrogen-bond donors (Lipinski definition) is 2. The molecule has 1 fully saturated rings. The van der Waals surface area contributed by atoms with E-state index < -0.39 is 9.84 Å². The molecule has 1 aromatic rings. The molecule has 26 heavy (non-hydrogen) atoms. The van der Waals surface area contributed by atoms with Crippen molar-refractivity contribution in [2.75, 3.05) is 33.1 Å². The van der Waals surface area contributed by atoms with Gasteiger partial charge < -0.3 is 15.4 Å². The van der Waals surface area contributed by atoms with Crippen LogP contribution in [-0.4, -0.2) is 47.4 Å². The Morgan fingerprint density at radius 2 is 1.85 bits per heavy atom. The maximum atomic E-state index is 11.3. The van der Waals surface area contributed by atoms with Gasteiger partial charge in [0.1, 0.15) is 0 Å². The third kappa shape index (κ3) is 10.3. The van der Waals surface area contributed by atoms with E-state index in [4.69, 9.17) is 4.74 Å². The first-order chi connectivity index (χ1) is 12.0. The van der Waals surface area contributed by atoms with Gasteiger partial charge in [0.15, 0.2) is 15.8 Å². The van der Waals surface area contributed by atoms with E-state index in [-0.39, 0.29) is 29.7 Å². The minimum atomic E-state index is -2.99. The number of hydrogen-bond acceptors (Lipinski definition) is 4. The molecule has 0 unspecified atom stereocenters. The summed E-state index contributed by atoms with van der Waals surface area (Å²) in [6.07, 6.45) is 4.84. The third-order valence-corrected chi connectivity index (χ3v) is 4.80. The van der Waals surface area contributed by atoms with Gasteiger partial charge in [-0.2, -0.15) is 0 Å². The van der Waals surface area contributed by atoms with Crippen LogP contribution in [0.1, 0.15) is 30.4 Å². The number of nitrogens with one attached hydrogen (secondary N) is 2. The summed E-state index contributed by atoms with van der Waals surface area (Å²) in [5.74, 6) is 1.64. The molecule has 0 bridgehead atoms. The van der Waals surface area contributed by atoms with Gasteiger partial charge in [-0.15, -0.1) is 24.0 Å². The molecular formula is C18H30IN3O3S. The van der Waals surface area contributed by atoms with Gasteiger partial charge in [0.25, 0.3) is 0 Å². The summed E-state index contributed by atoms with van der Waals surface area (Å²) >= 11 is 0. The largest absolute Gasteiger partial charge is 0.381 e. The second-order valence-corrected chi connectivity index (χ2v) is 8.75. The fraction of sp³-hybridized carbons (Fsp3) is 0.611. The van der Waals surface area contributed by atoms with Crippen LogP contribution in [-0.2, 0) is 26.9 Å². The minimum Gasteiger partial charge on any atom is -0.381 e. The van der Waals surface area contributed by atoms with E-state index >= 15 is 0 Å². The Labute approximate surface area is 174 Å². The van der Waals surface area contributed by atoms with Gasteiger partial charge in [-0.25, -0.2) is 8.42 Å². The summed E-state index contributed by atoms with van der Waals surface area (Å²) < 4.78 is 28.2. The summed E-state index contributed by atoms with van der Waals surface area (Å²) in [5, 5.41) is 6.52. The van der Waals surface area contributed by atoms with Crippen molar-refractivity contribution in [1.29, 1.82) is 0 Å². The van der Waals surface area contributed by atoms with E-state index in [0.717, 1.165) is 49.2 Å². The lowest BCUT2D eigenvalue weighted by Crippen LogP contribution is -2.37. The molecule has 148 valence electrons. The zero-order chi connectivity index (χ0) is 18.1. The molecule has 1 aromatic carbocycles. The van der Waals surface area contributed by atoms with Crippen LogP contribution in [0.4, 0.5) is 0 Å². The maximum absolute atomic E-state index is 11.3. The van der Waals surface area contributed by atoms with E-state index in [1.165, 1.54) is 19.1 Å². The van der Waals surface area contributed by atoms with Crippen molar-refractivity contribution in [3.8, 4) is 0 Å². The van der Waals surface area contributed by atoms with Crippen LogP contribution in [0.2, 0.25) is 0 Å². The lowest BCUT2D eigenvalue weighted by molar-refractivity contribution is 0.123. The molecule has 2 rings (SSSR count). The number of benzene rings is 1. The molecule has 0 spiro atoms. The second-order valence-electron chi connectivity index (χ2n) is 6.61. The van der Waals surface area contributed by atoms with Gasteiger partial charge in [0.05, 0.1) is 5.75 Å². The molecule has 0 aliphatic heterocycles. The zero-order valence-corrected chi connectivity index (χ0v) is 18.7. The van der Waals surface area contributed by atoms with E-state index in [2.05, 4.69) is 15.6 Å². The smallest absolute Gasteiger partial charge is 0.191 e. The van der Waals surface area contributed by atoms with E-state index in [1.54, 1.807) is 7.05 Å². The number of guanidine groups is 1. The van der Waals surface area contributed by atoms with Crippen LogP contribution < -0.4 is 10.6 Å². The van der Waals surface area contributed by atoms with Crippen LogP contribution in [0, 0.1) is 5.92 Å². The minimum absolute atomic E-state index is 0.